The molecule has 1 aromatic heterocycles. The number of carbonyl (C=O) groups is 1. The quantitative estimate of drug-likeness (QED) is 0.921. The molecule has 2 heterocycles. The normalized spacial score (nSPS) is 21.2. The van der Waals surface area contributed by atoms with Crippen molar-refractivity contribution in [3.63, 3.8) is 0 Å². The van der Waals surface area contributed by atoms with E-state index in [1.165, 1.54) is 6.07 Å². The minimum absolute atomic E-state index is 0.0171. The molecule has 3 rings (SSSR count). The van der Waals surface area contributed by atoms with Crippen LogP contribution in [0.3, 0.4) is 0 Å². The summed E-state index contributed by atoms with van der Waals surface area (Å²) in [5.74, 6) is -0.430. The third kappa shape index (κ3) is 2.46. The fourth-order valence-electron chi connectivity index (χ4n) is 2.48. The number of alkyl halides is 3. The Morgan fingerprint density at radius 3 is 2.90 bits per heavy atom. The van der Waals surface area contributed by atoms with Gasteiger partial charge in [0.1, 0.15) is 5.52 Å². The topological polar surface area (TPSA) is 66.3 Å². The molecule has 0 unspecified atom stereocenters. The van der Waals surface area contributed by atoms with Gasteiger partial charge in [-0.25, -0.2) is 0 Å². The highest BCUT2D eigenvalue weighted by Gasteiger charge is 2.49. The SMILES string of the molecule is O=C1CC[C@H]([C@H](O)C(F)(F)F)N1c1ccc2nnsc2c1. The summed E-state index contributed by atoms with van der Waals surface area (Å²) in [5.41, 5.74) is 0.938. The molecule has 1 fully saturated rings. The van der Waals surface area contributed by atoms with Gasteiger partial charge in [0, 0.05) is 12.1 Å². The lowest BCUT2D eigenvalue weighted by molar-refractivity contribution is -0.209. The van der Waals surface area contributed by atoms with Gasteiger partial charge in [-0.3, -0.25) is 4.79 Å². The van der Waals surface area contributed by atoms with E-state index in [0.29, 0.717) is 15.9 Å². The summed E-state index contributed by atoms with van der Waals surface area (Å²) in [6.45, 7) is 0. The molecular weight excluding hydrogens is 307 g/mol. The second-order valence-corrected chi connectivity index (χ2v) is 5.57. The van der Waals surface area contributed by atoms with Gasteiger partial charge in [-0.2, -0.15) is 13.2 Å². The Balaban J connectivity index is 1.98. The van der Waals surface area contributed by atoms with Crippen molar-refractivity contribution < 1.29 is 23.1 Å². The van der Waals surface area contributed by atoms with Gasteiger partial charge in [0.25, 0.3) is 0 Å². The molecule has 1 aliphatic heterocycles. The Morgan fingerprint density at radius 2 is 2.19 bits per heavy atom. The van der Waals surface area contributed by atoms with Gasteiger partial charge in [0.05, 0.1) is 10.7 Å². The van der Waals surface area contributed by atoms with E-state index in [4.69, 9.17) is 0 Å². The number of carbonyl (C=O) groups excluding carboxylic acids is 1. The van der Waals surface area contributed by atoms with E-state index < -0.39 is 24.2 Å². The smallest absolute Gasteiger partial charge is 0.382 e. The highest BCUT2D eigenvalue weighted by molar-refractivity contribution is 7.12. The summed E-state index contributed by atoms with van der Waals surface area (Å²) in [4.78, 5) is 12.9. The average molecular weight is 317 g/mol. The zero-order chi connectivity index (χ0) is 15.2. The molecule has 0 spiro atoms. The molecule has 0 saturated carbocycles. The van der Waals surface area contributed by atoms with Crippen LogP contribution in [0, 0.1) is 0 Å². The predicted octanol–water partition coefficient (Wildman–Crippen LogP) is 2.11. The van der Waals surface area contributed by atoms with Gasteiger partial charge in [-0.05, 0) is 36.2 Å². The largest absolute Gasteiger partial charge is 0.416 e. The Labute approximate surface area is 121 Å². The number of halogens is 3. The van der Waals surface area contributed by atoms with E-state index in [1.807, 2.05) is 0 Å². The predicted molar refractivity (Wildman–Crippen MR) is 70.0 cm³/mol. The Hall–Kier alpha value is -1.74. The average Bonchev–Trinajstić information content (AvgIpc) is 3.01. The molecule has 9 heteroatoms. The van der Waals surface area contributed by atoms with Crippen LogP contribution < -0.4 is 4.90 Å². The second-order valence-electron chi connectivity index (χ2n) is 4.78. The van der Waals surface area contributed by atoms with Crippen molar-refractivity contribution in [2.45, 2.75) is 31.2 Å². The molecule has 0 bridgehead atoms. The number of aliphatic hydroxyl groups excluding tert-OH is 1. The molecule has 0 aliphatic carbocycles. The monoisotopic (exact) mass is 317 g/mol. The first-order valence-electron chi connectivity index (χ1n) is 6.17. The fraction of sp³-hybridized carbons (Fsp3) is 0.417. The van der Waals surface area contributed by atoms with Crippen LogP contribution in [-0.4, -0.2) is 38.9 Å². The molecule has 21 heavy (non-hydrogen) atoms. The van der Waals surface area contributed by atoms with Crippen molar-refractivity contribution in [3.05, 3.63) is 18.2 Å². The lowest BCUT2D eigenvalue weighted by Crippen LogP contribution is -2.48. The number of hydrogen-bond donors (Lipinski definition) is 1. The third-order valence-electron chi connectivity index (χ3n) is 3.46. The fourth-order valence-corrected chi connectivity index (χ4v) is 3.07. The molecule has 1 saturated heterocycles. The Morgan fingerprint density at radius 1 is 1.43 bits per heavy atom. The molecule has 112 valence electrons. The summed E-state index contributed by atoms with van der Waals surface area (Å²) < 4.78 is 42.6. The number of hydrogen-bond acceptors (Lipinski definition) is 5. The van der Waals surface area contributed by atoms with E-state index in [0.717, 1.165) is 16.4 Å². The minimum Gasteiger partial charge on any atom is -0.382 e. The number of amides is 1. The summed E-state index contributed by atoms with van der Waals surface area (Å²) in [6, 6.07) is 3.38. The van der Waals surface area contributed by atoms with Crippen LogP contribution in [0.4, 0.5) is 18.9 Å². The van der Waals surface area contributed by atoms with Gasteiger partial charge in [0.2, 0.25) is 5.91 Å². The van der Waals surface area contributed by atoms with E-state index in [-0.39, 0.29) is 12.8 Å². The van der Waals surface area contributed by atoms with E-state index in [1.54, 1.807) is 12.1 Å². The Kier molecular flexibility index (Phi) is 3.33. The van der Waals surface area contributed by atoms with Crippen LogP contribution in [0.25, 0.3) is 10.2 Å². The molecule has 1 aromatic carbocycles. The van der Waals surface area contributed by atoms with Crippen molar-refractivity contribution in [3.8, 4) is 0 Å². The van der Waals surface area contributed by atoms with Crippen LogP contribution in [0.15, 0.2) is 18.2 Å². The van der Waals surface area contributed by atoms with Crippen molar-refractivity contribution in [1.82, 2.24) is 9.59 Å². The minimum atomic E-state index is -4.76. The van der Waals surface area contributed by atoms with Crippen LogP contribution in [0.2, 0.25) is 0 Å². The number of aromatic nitrogens is 2. The molecular formula is C12H10F3N3O2S. The summed E-state index contributed by atoms with van der Waals surface area (Å²) in [6.07, 6.45) is -7.36. The van der Waals surface area contributed by atoms with Crippen LogP contribution >= 0.6 is 11.5 Å². The van der Waals surface area contributed by atoms with E-state index in [2.05, 4.69) is 9.59 Å². The maximum absolute atomic E-state index is 12.7. The first kappa shape index (κ1) is 14.2. The number of nitrogens with zero attached hydrogens (tertiary/aromatic N) is 3. The molecule has 2 aromatic rings. The van der Waals surface area contributed by atoms with Crippen LogP contribution in [-0.2, 0) is 4.79 Å². The number of fused-ring (bicyclic) bond motifs is 1. The highest BCUT2D eigenvalue weighted by atomic mass is 32.1. The maximum Gasteiger partial charge on any atom is 0.416 e. The van der Waals surface area contributed by atoms with Gasteiger partial charge in [-0.1, -0.05) is 4.49 Å². The van der Waals surface area contributed by atoms with Gasteiger partial charge >= 0.3 is 6.18 Å². The first-order chi connectivity index (χ1) is 9.88. The maximum atomic E-state index is 12.7. The van der Waals surface area contributed by atoms with Gasteiger partial charge in [0.15, 0.2) is 6.10 Å². The van der Waals surface area contributed by atoms with Gasteiger partial charge in [-0.15, -0.1) is 5.10 Å². The number of rotatable bonds is 2. The molecule has 2 atom stereocenters. The van der Waals surface area contributed by atoms with Crippen LogP contribution in [0.1, 0.15) is 12.8 Å². The molecule has 1 N–H and O–H groups in total. The van der Waals surface area contributed by atoms with Crippen molar-refractivity contribution in [2.24, 2.45) is 0 Å². The molecule has 1 amide bonds. The van der Waals surface area contributed by atoms with E-state index >= 15 is 0 Å². The summed E-state index contributed by atoms with van der Waals surface area (Å²) in [7, 11) is 0. The molecule has 1 aliphatic rings. The third-order valence-corrected chi connectivity index (χ3v) is 4.15. The highest BCUT2D eigenvalue weighted by Crippen LogP contribution is 2.35. The van der Waals surface area contributed by atoms with Crippen molar-refractivity contribution in [2.75, 3.05) is 4.90 Å². The number of aliphatic hydroxyl groups is 1. The number of anilines is 1. The van der Waals surface area contributed by atoms with Crippen molar-refractivity contribution in [1.29, 1.82) is 0 Å². The summed E-state index contributed by atoms with van der Waals surface area (Å²) in [5, 5.41) is 13.3. The standard InChI is InChI=1S/C12H10F3N3O2S/c13-12(14,15)11(20)8-3-4-10(19)18(8)6-1-2-7-9(5-6)21-17-16-7/h1-2,5,8,11,20H,3-4H2/t8-,11+/m1/s1. The molecule has 5 nitrogen and oxygen atoms in total. The van der Waals surface area contributed by atoms with Gasteiger partial charge < -0.3 is 10.0 Å². The summed E-state index contributed by atoms with van der Waals surface area (Å²) >= 11 is 1.09. The lowest BCUT2D eigenvalue weighted by Gasteiger charge is -2.29. The zero-order valence-electron chi connectivity index (χ0n) is 10.5. The lowest BCUT2D eigenvalue weighted by atomic mass is 10.1. The first-order valence-corrected chi connectivity index (χ1v) is 6.94. The number of benzene rings is 1. The zero-order valence-corrected chi connectivity index (χ0v) is 11.4. The van der Waals surface area contributed by atoms with E-state index in [9.17, 15) is 23.1 Å². The van der Waals surface area contributed by atoms with Crippen LogP contribution in [0.5, 0.6) is 0 Å². The van der Waals surface area contributed by atoms with Crippen molar-refractivity contribution >= 4 is 33.3 Å². The molecule has 0 radical (unpaired) electrons. The Bertz CT molecular complexity index is 688. The second kappa shape index (κ2) is 4.92.